The predicted octanol–water partition coefficient (Wildman–Crippen LogP) is 1.91. The molecule has 2 aliphatic rings. The summed E-state index contributed by atoms with van der Waals surface area (Å²) in [6.07, 6.45) is 2.34. The summed E-state index contributed by atoms with van der Waals surface area (Å²) in [7, 11) is 0. The molecule has 0 aliphatic carbocycles. The molecule has 0 bridgehead atoms. The van der Waals surface area contributed by atoms with E-state index in [1.807, 2.05) is 0 Å². The van der Waals surface area contributed by atoms with Crippen molar-refractivity contribution in [2.45, 2.75) is 12.8 Å². The number of fused-ring (bicyclic) bond motifs is 1. The van der Waals surface area contributed by atoms with Crippen LogP contribution >= 0.6 is 15.9 Å². The van der Waals surface area contributed by atoms with Crippen molar-refractivity contribution in [1.82, 2.24) is 10.6 Å². The lowest BCUT2D eigenvalue weighted by Crippen LogP contribution is -2.38. The maximum Gasteiger partial charge on any atom is 0.251 e. The van der Waals surface area contributed by atoms with Gasteiger partial charge in [0, 0.05) is 12.1 Å². The van der Waals surface area contributed by atoms with E-state index in [1.165, 1.54) is 6.42 Å². The van der Waals surface area contributed by atoms with E-state index in [0.717, 1.165) is 24.0 Å². The van der Waals surface area contributed by atoms with Crippen LogP contribution < -0.4 is 20.1 Å². The minimum absolute atomic E-state index is 0.0745. The van der Waals surface area contributed by atoms with Crippen LogP contribution in [0.5, 0.6) is 11.5 Å². The van der Waals surface area contributed by atoms with E-state index in [0.29, 0.717) is 29.5 Å². The standard InChI is InChI=1S/C14H17BrN2O3/c15-11-4-10(5-12-13(11)20-8-19-12)14(18)17-7-9-2-1-3-16-6-9/h4-5,9,16H,1-3,6-8H2,(H,17,18). The molecule has 2 N–H and O–H groups in total. The molecule has 108 valence electrons. The van der Waals surface area contributed by atoms with Crippen LogP contribution in [0.1, 0.15) is 23.2 Å². The number of hydrogen-bond donors (Lipinski definition) is 2. The van der Waals surface area contributed by atoms with Gasteiger partial charge in [-0.1, -0.05) is 0 Å². The molecule has 0 spiro atoms. The molecule has 1 unspecified atom stereocenters. The quantitative estimate of drug-likeness (QED) is 0.882. The fraction of sp³-hybridized carbons (Fsp3) is 0.500. The summed E-state index contributed by atoms with van der Waals surface area (Å²) in [5.41, 5.74) is 0.588. The van der Waals surface area contributed by atoms with Crippen LogP contribution in [-0.2, 0) is 0 Å². The summed E-state index contributed by atoms with van der Waals surface area (Å²) in [5, 5.41) is 6.34. The van der Waals surface area contributed by atoms with Gasteiger partial charge in [0.05, 0.1) is 4.47 Å². The van der Waals surface area contributed by atoms with Crippen molar-refractivity contribution in [3.63, 3.8) is 0 Å². The lowest BCUT2D eigenvalue weighted by molar-refractivity contribution is 0.0944. The van der Waals surface area contributed by atoms with Gasteiger partial charge in [0.2, 0.25) is 6.79 Å². The third kappa shape index (κ3) is 2.91. The third-order valence-electron chi connectivity index (χ3n) is 3.64. The second-order valence-corrected chi connectivity index (χ2v) is 5.97. The highest BCUT2D eigenvalue weighted by Gasteiger charge is 2.21. The first-order chi connectivity index (χ1) is 9.74. The van der Waals surface area contributed by atoms with Crippen molar-refractivity contribution in [2.75, 3.05) is 26.4 Å². The van der Waals surface area contributed by atoms with Crippen molar-refractivity contribution in [2.24, 2.45) is 5.92 Å². The smallest absolute Gasteiger partial charge is 0.251 e. The molecule has 1 atom stereocenters. The van der Waals surface area contributed by atoms with Crippen molar-refractivity contribution < 1.29 is 14.3 Å². The molecule has 20 heavy (non-hydrogen) atoms. The highest BCUT2D eigenvalue weighted by Crippen LogP contribution is 2.39. The summed E-state index contributed by atoms with van der Waals surface area (Å²) < 4.78 is 11.4. The summed E-state index contributed by atoms with van der Waals surface area (Å²) in [5.74, 6) is 1.72. The van der Waals surface area contributed by atoms with E-state index in [1.54, 1.807) is 12.1 Å². The van der Waals surface area contributed by atoms with Gasteiger partial charge in [-0.05, 0) is 59.9 Å². The highest BCUT2D eigenvalue weighted by molar-refractivity contribution is 9.10. The van der Waals surface area contributed by atoms with Crippen LogP contribution in [-0.4, -0.2) is 32.3 Å². The third-order valence-corrected chi connectivity index (χ3v) is 4.23. The Morgan fingerprint density at radius 3 is 3.15 bits per heavy atom. The van der Waals surface area contributed by atoms with Crippen molar-refractivity contribution in [3.05, 3.63) is 22.2 Å². The molecule has 6 heteroatoms. The second-order valence-electron chi connectivity index (χ2n) is 5.11. The molecular formula is C14H17BrN2O3. The maximum atomic E-state index is 12.2. The Balaban J connectivity index is 1.63. The van der Waals surface area contributed by atoms with Crippen LogP contribution in [0, 0.1) is 5.92 Å². The average molecular weight is 341 g/mol. The van der Waals surface area contributed by atoms with E-state index in [-0.39, 0.29) is 12.7 Å². The predicted molar refractivity (Wildman–Crippen MR) is 78.2 cm³/mol. The molecule has 1 aromatic rings. The van der Waals surface area contributed by atoms with E-state index in [9.17, 15) is 4.79 Å². The van der Waals surface area contributed by atoms with Crippen LogP contribution in [0.3, 0.4) is 0 Å². The fourth-order valence-corrected chi connectivity index (χ4v) is 3.09. The topological polar surface area (TPSA) is 59.6 Å². The van der Waals surface area contributed by atoms with Crippen molar-refractivity contribution >= 4 is 21.8 Å². The average Bonchev–Trinajstić information content (AvgIpc) is 2.95. The van der Waals surface area contributed by atoms with Gasteiger partial charge in [-0.15, -0.1) is 0 Å². The molecule has 0 saturated carbocycles. The Morgan fingerprint density at radius 2 is 2.35 bits per heavy atom. The van der Waals surface area contributed by atoms with E-state index >= 15 is 0 Å². The second kappa shape index (κ2) is 6.01. The summed E-state index contributed by atoms with van der Waals surface area (Å²) >= 11 is 3.40. The molecule has 3 rings (SSSR count). The van der Waals surface area contributed by atoms with E-state index < -0.39 is 0 Å². The zero-order valence-corrected chi connectivity index (χ0v) is 12.7. The van der Waals surface area contributed by atoms with E-state index in [4.69, 9.17) is 9.47 Å². The van der Waals surface area contributed by atoms with Gasteiger partial charge in [0.1, 0.15) is 0 Å². The SMILES string of the molecule is O=C(NCC1CCCNC1)c1cc(Br)c2c(c1)OCO2. The molecule has 0 radical (unpaired) electrons. The number of rotatable bonds is 3. The van der Waals surface area contributed by atoms with Crippen LogP contribution in [0.25, 0.3) is 0 Å². The first-order valence-corrected chi connectivity index (χ1v) is 7.61. The molecule has 1 amide bonds. The molecule has 2 aliphatic heterocycles. The van der Waals surface area contributed by atoms with Crippen molar-refractivity contribution in [1.29, 1.82) is 0 Å². The maximum absolute atomic E-state index is 12.2. The Kier molecular flexibility index (Phi) is 4.12. The number of amides is 1. The van der Waals surface area contributed by atoms with Crippen LogP contribution in [0.2, 0.25) is 0 Å². The molecule has 1 saturated heterocycles. The van der Waals surface area contributed by atoms with Gasteiger partial charge in [-0.25, -0.2) is 0 Å². The Morgan fingerprint density at radius 1 is 1.45 bits per heavy atom. The normalized spacial score (nSPS) is 20.8. The number of benzene rings is 1. The number of ether oxygens (including phenoxy) is 2. The first-order valence-electron chi connectivity index (χ1n) is 6.82. The largest absolute Gasteiger partial charge is 0.454 e. The van der Waals surface area contributed by atoms with Gasteiger partial charge in [0.25, 0.3) is 5.91 Å². The number of piperidine rings is 1. The summed E-state index contributed by atoms with van der Waals surface area (Å²) in [6.45, 7) is 2.97. The number of halogens is 1. The zero-order valence-electron chi connectivity index (χ0n) is 11.1. The van der Waals surface area contributed by atoms with Gasteiger partial charge >= 0.3 is 0 Å². The monoisotopic (exact) mass is 340 g/mol. The molecule has 2 heterocycles. The summed E-state index contributed by atoms with van der Waals surface area (Å²) in [6, 6.07) is 3.49. The van der Waals surface area contributed by atoms with Gasteiger partial charge in [0.15, 0.2) is 11.5 Å². The van der Waals surface area contributed by atoms with Crippen LogP contribution in [0.4, 0.5) is 0 Å². The van der Waals surface area contributed by atoms with E-state index in [2.05, 4.69) is 26.6 Å². The number of carbonyl (C=O) groups is 1. The summed E-state index contributed by atoms with van der Waals surface area (Å²) in [4.78, 5) is 12.2. The molecule has 1 aromatic carbocycles. The van der Waals surface area contributed by atoms with Gasteiger partial charge < -0.3 is 20.1 Å². The Bertz CT molecular complexity index is 515. The molecule has 0 aromatic heterocycles. The highest BCUT2D eigenvalue weighted by atomic mass is 79.9. The first kappa shape index (κ1) is 13.7. The van der Waals surface area contributed by atoms with Crippen molar-refractivity contribution in [3.8, 4) is 11.5 Å². The minimum atomic E-state index is -0.0745. The fourth-order valence-electron chi connectivity index (χ4n) is 2.54. The molecular weight excluding hydrogens is 324 g/mol. The lowest BCUT2D eigenvalue weighted by atomic mass is 9.99. The molecule has 5 nitrogen and oxygen atoms in total. The number of hydrogen-bond acceptors (Lipinski definition) is 4. The van der Waals surface area contributed by atoms with Gasteiger partial charge in [-0.3, -0.25) is 4.79 Å². The number of carbonyl (C=O) groups excluding carboxylic acids is 1. The zero-order chi connectivity index (χ0) is 13.9. The molecule has 1 fully saturated rings. The minimum Gasteiger partial charge on any atom is -0.454 e. The van der Waals surface area contributed by atoms with Crippen LogP contribution in [0.15, 0.2) is 16.6 Å². The number of nitrogens with one attached hydrogen (secondary N) is 2. The lowest BCUT2D eigenvalue weighted by Gasteiger charge is -2.22. The Labute approximate surface area is 126 Å². The Hall–Kier alpha value is -1.27. The van der Waals surface area contributed by atoms with Gasteiger partial charge in [-0.2, -0.15) is 0 Å².